The van der Waals surface area contributed by atoms with E-state index in [1.165, 1.54) is 12.1 Å². The lowest BCUT2D eigenvalue weighted by Gasteiger charge is -2.16. The fraction of sp³-hybridized carbons (Fsp3) is 0.312. The zero-order valence-corrected chi connectivity index (χ0v) is 14.3. The lowest BCUT2D eigenvalue weighted by atomic mass is 9.90. The van der Waals surface area contributed by atoms with Gasteiger partial charge in [-0.2, -0.15) is 10.2 Å². The van der Waals surface area contributed by atoms with Crippen LogP contribution in [0.1, 0.15) is 11.5 Å². The standard InChI is InChI=1S/C16H17FN6O.ClH/c1-23-8-9(5-19-23)12-6-18-7-13(12)16(24)20-15-11-4-10(17)2-3-14(11)21-22-15;/h2-5,8,12-13,18H,6-7H2,1H3,(H2,20,21,22,24);1H/t12-,13+;/m1./s1. The van der Waals surface area contributed by atoms with E-state index in [1.807, 2.05) is 13.2 Å². The number of nitrogens with one attached hydrogen (secondary N) is 3. The molecule has 0 unspecified atom stereocenters. The predicted octanol–water partition coefficient (Wildman–Crippen LogP) is 1.80. The van der Waals surface area contributed by atoms with Gasteiger partial charge in [-0.05, 0) is 23.8 Å². The second kappa shape index (κ2) is 6.81. The molecule has 2 atom stereocenters. The summed E-state index contributed by atoms with van der Waals surface area (Å²) >= 11 is 0. The van der Waals surface area contributed by atoms with E-state index in [0.717, 1.165) is 12.1 Å². The van der Waals surface area contributed by atoms with Crippen LogP contribution in [-0.2, 0) is 11.8 Å². The van der Waals surface area contributed by atoms with E-state index in [2.05, 4.69) is 25.9 Å². The lowest BCUT2D eigenvalue weighted by Crippen LogP contribution is -2.28. The fourth-order valence-corrected chi connectivity index (χ4v) is 3.23. The number of fused-ring (bicyclic) bond motifs is 1. The van der Waals surface area contributed by atoms with Crippen molar-refractivity contribution >= 4 is 35.0 Å². The highest BCUT2D eigenvalue weighted by molar-refractivity contribution is 6.00. The van der Waals surface area contributed by atoms with Crippen molar-refractivity contribution in [1.82, 2.24) is 25.3 Å². The van der Waals surface area contributed by atoms with Crippen LogP contribution in [0.4, 0.5) is 10.2 Å². The molecule has 1 saturated heterocycles. The van der Waals surface area contributed by atoms with E-state index in [9.17, 15) is 9.18 Å². The van der Waals surface area contributed by atoms with Crippen molar-refractivity contribution in [2.24, 2.45) is 13.0 Å². The summed E-state index contributed by atoms with van der Waals surface area (Å²) in [4.78, 5) is 12.7. The smallest absolute Gasteiger partial charge is 0.230 e. The maximum atomic E-state index is 13.4. The molecule has 3 N–H and O–H groups in total. The molecule has 0 radical (unpaired) electrons. The molecule has 1 aromatic carbocycles. The molecule has 1 amide bonds. The molecule has 1 fully saturated rings. The minimum atomic E-state index is -0.366. The molecule has 0 bridgehead atoms. The Morgan fingerprint density at radius 1 is 1.40 bits per heavy atom. The zero-order valence-electron chi connectivity index (χ0n) is 13.5. The van der Waals surface area contributed by atoms with E-state index in [-0.39, 0.29) is 36.0 Å². The second-order valence-corrected chi connectivity index (χ2v) is 6.07. The topological polar surface area (TPSA) is 87.6 Å². The van der Waals surface area contributed by atoms with Gasteiger partial charge in [0.1, 0.15) is 5.82 Å². The van der Waals surface area contributed by atoms with Gasteiger partial charge in [0.15, 0.2) is 5.82 Å². The number of nitrogens with zero attached hydrogens (tertiary/aromatic N) is 3. The molecule has 4 rings (SSSR count). The van der Waals surface area contributed by atoms with Crippen LogP contribution in [0.5, 0.6) is 0 Å². The molecular weight excluding hydrogens is 347 g/mol. The molecule has 3 aromatic rings. The van der Waals surface area contributed by atoms with Crippen molar-refractivity contribution in [3.8, 4) is 0 Å². The van der Waals surface area contributed by atoms with Gasteiger partial charge >= 0.3 is 0 Å². The van der Waals surface area contributed by atoms with Gasteiger partial charge < -0.3 is 10.6 Å². The summed E-state index contributed by atoms with van der Waals surface area (Å²) in [5.74, 6) is -0.317. The summed E-state index contributed by atoms with van der Waals surface area (Å²) in [6.07, 6.45) is 3.72. The Kier molecular flexibility index (Phi) is 4.73. The minimum Gasteiger partial charge on any atom is -0.315 e. The fourth-order valence-electron chi connectivity index (χ4n) is 3.23. The normalized spacial score (nSPS) is 19.8. The molecular formula is C16H18ClFN6O. The number of halogens is 2. The van der Waals surface area contributed by atoms with Gasteiger partial charge in [0.25, 0.3) is 0 Å². The summed E-state index contributed by atoms with van der Waals surface area (Å²) in [7, 11) is 1.85. The SMILES string of the molecule is Cl.Cn1cc([C@H]2CNC[C@@H]2C(=O)Nc2n[nH]c3ccc(F)cc23)cn1. The van der Waals surface area contributed by atoms with Crippen LogP contribution >= 0.6 is 12.4 Å². The summed E-state index contributed by atoms with van der Waals surface area (Å²) in [5.41, 5.74) is 1.71. The Balaban J connectivity index is 0.00000182. The lowest BCUT2D eigenvalue weighted by molar-refractivity contribution is -0.119. The second-order valence-electron chi connectivity index (χ2n) is 6.07. The Hall–Kier alpha value is -2.45. The maximum Gasteiger partial charge on any atom is 0.230 e. The first-order valence-electron chi connectivity index (χ1n) is 7.75. The van der Waals surface area contributed by atoms with Crippen LogP contribution in [0.15, 0.2) is 30.6 Å². The average molecular weight is 365 g/mol. The number of amides is 1. The Morgan fingerprint density at radius 3 is 3.00 bits per heavy atom. The number of carbonyl (C=O) groups is 1. The highest BCUT2D eigenvalue weighted by Crippen LogP contribution is 2.29. The first-order valence-corrected chi connectivity index (χ1v) is 7.75. The van der Waals surface area contributed by atoms with Crippen LogP contribution in [0, 0.1) is 11.7 Å². The molecule has 0 saturated carbocycles. The zero-order chi connectivity index (χ0) is 16.7. The molecule has 0 spiro atoms. The Bertz CT molecular complexity index is 907. The monoisotopic (exact) mass is 364 g/mol. The van der Waals surface area contributed by atoms with E-state index >= 15 is 0 Å². The Morgan fingerprint density at radius 2 is 2.24 bits per heavy atom. The first-order chi connectivity index (χ1) is 11.6. The maximum absolute atomic E-state index is 13.4. The molecule has 7 nitrogen and oxygen atoms in total. The minimum absolute atomic E-state index is 0. The van der Waals surface area contributed by atoms with Crippen LogP contribution in [0.2, 0.25) is 0 Å². The summed E-state index contributed by atoms with van der Waals surface area (Å²) in [6.45, 7) is 1.31. The van der Waals surface area contributed by atoms with Gasteiger partial charge in [-0.1, -0.05) is 0 Å². The molecule has 1 aliphatic heterocycles. The third kappa shape index (κ3) is 3.22. The number of anilines is 1. The van der Waals surface area contributed by atoms with Crippen LogP contribution in [0.25, 0.3) is 10.9 Å². The van der Waals surface area contributed by atoms with E-state index < -0.39 is 0 Å². The summed E-state index contributed by atoms with van der Waals surface area (Å²) in [6, 6.07) is 4.31. The molecule has 1 aliphatic rings. The van der Waals surface area contributed by atoms with Gasteiger partial charge in [0, 0.05) is 37.6 Å². The van der Waals surface area contributed by atoms with Crippen LogP contribution < -0.4 is 10.6 Å². The van der Waals surface area contributed by atoms with Crippen molar-refractivity contribution in [2.75, 3.05) is 18.4 Å². The van der Waals surface area contributed by atoms with Crippen molar-refractivity contribution < 1.29 is 9.18 Å². The van der Waals surface area contributed by atoms with Crippen LogP contribution in [0.3, 0.4) is 0 Å². The van der Waals surface area contributed by atoms with Gasteiger partial charge in [-0.25, -0.2) is 4.39 Å². The van der Waals surface area contributed by atoms with Gasteiger partial charge in [0.05, 0.1) is 17.6 Å². The molecule has 9 heteroatoms. The van der Waals surface area contributed by atoms with E-state index in [0.29, 0.717) is 23.3 Å². The van der Waals surface area contributed by atoms with Crippen molar-refractivity contribution in [3.63, 3.8) is 0 Å². The number of aromatic amines is 1. The first kappa shape index (κ1) is 17.4. The number of benzene rings is 1. The number of aromatic nitrogens is 4. The third-order valence-electron chi connectivity index (χ3n) is 4.47. The molecule has 0 aliphatic carbocycles. The summed E-state index contributed by atoms with van der Waals surface area (Å²) in [5, 5.41) is 17.7. The number of aryl methyl sites for hydroxylation is 1. The van der Waals surface area contributed by atoms with Crippen LogP contribution in [-0.4, -0.2) is 39.0 Å². The number of carbonyl (C=O) groups excluding carboxylic acids is 1. The van der Waals surface area contributed by atoms with Crippen molar-refractivity contribution in [2.45, 2.75) is 5.92 Å². The quantitative estimate of drug-likeness (QED) is 0.661. The van der Waals surface area contributed by atoms with Crippen molar-refractivity contribution in [3.05, 3.63) is 42.0 Å². The number of hydrogen-bond acceptors (Lipinski definition) is 4. The molecule has 25 heavy (non-hydrogen) atoms. The average Bonchev–Trinajstić information content (AvgIpc) is 3.27. The predicted molar refractivity (Wildman–Crippen MR) is 94.2 cm³/mol. The molecule has 3 heterocycles. The van der Waals surface area contributed by atoms with Crippen molar-refractivity contribution in [1.29, 1.82) is 0 Å². The molecule has 2 aromatic heterocycles. The van der Waals surface area contributed by atoms with E-state index in [4.69, 9.17) is 0 Å². The number of hydrogen-bond donors (Lipinski definition) is 3. The summed E-state index contributed by atoms with van der Waals surface area (Å²) < 4.78 is 15.2. The highest BCUT2D eigenvalue weighted by atomic mass is 35.5. The number of H-pyrrole nitrogens is 1. The number of rotatable bonds is 3. The van der Waals surface area contributed by atoms with E-state index in [1.54, 1.807) is 16.9 Å². The van der Waals surface area contributed by atoms with Gasteiger partial charge in [-0.3, -0.25) is 14.6 Å². The van der Waals surface area contributed by atoms with Gasteiger partial charge in [0.2, 0.25) is 5.91 Å². The van der Waals surface area contributed by atoms with Gasteiger partial charge in [-0.15, -0.1) is 12.4 Å². The largest absolute Gasteiger partial charge is 0.315 e. The Labute approximate surface area is 149 Å². The third-order valence-corrected chi connectivity index (χ3v) is 4.47. The highest BCUT2D eigenvalue weighted by Gasteiger charge is 2.35. The molecule has 132 valence electrons.